The molecule has 70 valence electrons. The number of hydrogen-bond acceptors (Lipinski definition) is 3. The molecule has 0 amide bonds. The van der Waals surface area contributed by atoms with Crippen LogP contribution in [-0.2, 0) is 14.3 Å². The highest BCUT2D eigenvalue weighted by molar-refractivity contribution is 5.94. The fourth-order valence-electron chi connectivity index (χ4n) is 0.514. The number of hydrogen-bond donors (Lipinski definition) is 0. The van der Waals surface area contributed by atoms with Crippen LogP contribution < -0.4 is 0 Å². The zero-order valence-electron chi connectivity index (χ0n) is 7.22. The van der Waals surface area contributed by atoms with Gasteiger partial charge in [0.05, 0.1) is 6.61 Å². The number of carbonyl (C=O) groups excluding carboxylic acids is 2. The van der Waals surface area contributed by atoms with Gasteiger partial charge in [0.15, 0.2) is 17.4 Å². The minimum atomic E-state index is -0.425. The van der Waals surface area contributed by atoms with Crippen LogP contribution in [0.2, 0.25) is 0 Å². The summed E-state index contributed by atoms with van der Waals surface area (Å²) < 4.78 is 4.75. The van der Waals surface area contributed by atoms with Crippen molar-refractivity contribution in [1.82, 2.24) is 0 Å². The van der Waals surface area contributed by atoms with Gasteiger partial charge < -0.3 is 4.74 Å². The Bertz CT molecular complexity index is 154. The molecule has 0 unspecified atom stereocenters. The first-order valence-corrected chi connectivity index (χ1v) is 3.67. The van der Waals surface area contributed by atoms with E-state index in [1.807, 2.05) is 13.8 Å². The quantitative estimate of drug-likeness (QED) is 0.354. The van der Waals surface area contributed by atoms with E-state index in [4.69, 9.17) is 4.74 Å². The van der Waals surface area contributed by atoms with Crippen molar-refractivity contribution >= 4 is 29.1 Å². The molecule has 0 heterocycles. The van der Waals surface area contributed by atoms with Crippen molar-refractivity contribution in [3.8, 4) is 0 Å². The number of ketones is 1. The lowest BCUT2D eigenvalue weighted by molar-refractivity contribution is -0.146. The second-order valence-corrected chi connectivity index (χ2v) is 2.96. The van der Waals surface area contributed by atoms with Gasteiger partial charge in [-0.3, -0.25) is 9.59 Å². The Morgan fingerprint density at radius 3 is 2.17 bits per heavy atom. The molecule has 0 N–H and O–H groups in total. The predicted octanol–water partition coefficient (Wildman–Crippen LogP) is -0.0192. The number of rotatable bonds is 4. The van der Waals surface area contributed by atoms with Gasteiger partial charge in [0.1, 0.15) is 12.2 Å². The van der Waals surface area contributed by atoms with Crippen LogP contribution in [0.5, 0.6) is 0 Å². The predicted molar refractivity (Wildman–Crippen MR) is 51.0 cm³/mol. The van der Waals surface area contributed by atoms with E-state index in [0.29, 0.717) is 12.5 Å². The van der Waals surface area contributed by atoms with Crippen LogP contribution in [0.15, 0.2) is 0 Å². The third-order valence-corrected chi connectivity index (χ3v) is 0.971. The molecule has 0 rings (SSSR count). The molecule has 0 saturated heterocycles. The second kappa shape index (κ2) is 7.33. The molecule has 4 heteroatoms. The minimum absolute atomic E-state index is 0. The summed E-state index contributed by atoms with van der Waals surface area (Å²) in [6.07, 6.45) is -0.104. The molecular weight excluding hydrogens is 171 g/mol. The van der Waals surface area contributed by atoms with Crippen molar-refractivity contribution in [1.29, 1.82) is 0 Å². The Hall–Kier alpha value is -0.328. The van der Waals surface area contributed by atoms with Gasteiger partial charge in [-0.15, -0.1) is 0 Å². The van der Waals surface area contributed by atoms with Crippen LogP contribution in [0.3, 0.4) is 0 Å². The van der Waals surface area contributed by atoms with Gasteiger partial charge in [-0.2, -0.15) is 0 Å². The number of carbonyl (C=O) groups is 2. The first-order valence-electron chi connectivity index (χ1n) is 3.67. The molecule has 0 aliphatic rings. The van der Waals surface area contributed by atoms with Crippen LogP contribution in [0, 0.1) is 5.92 Å². The van der Waals surface area contributed by atoms with Crippen LogP contribution in [-0.4, -0.2) is 35.7 Å². The van der Waals surface area contributed by atoms with Gasteiger partial charge in [0.25, 0.3) is 0 Å². The van der Waals surface area contributed by atoms with Gasteiger partial charge >= 0.3 is 5.97 Å². The average Bonchev–Trinajstić information content (AvgIpc) is 1.82. The van der Waals surface area contributed by atoms with E-state index >= 15 is 0 Å². The van der Waals surface area contributed by atoms with Crippen molar-refractivity contribution in [3.05, 3.63) is 0 Å². The summed E-state index contributed by atoms with van der Waals surface area (Å²) in [5.74, 6) is -0.254. The Labute approximate surface area is 83.6 Å². The lowest BCUT2D eigenvalue weighted by Gasteiger charge is -2.04. The van der Waals surface area contributed by atoms with Crippen molar-refractivity contribution in [2.75, 3.05) is 6.61 Å². The van der Waals surface area contributed by atoms with Crippen LogP contribution in [0.25, 0.3) is 0 Å². The number of ether oxygens (including phenoxy) is 1. The van der Waals surface area contributed by atoms with E-state index in [1.54, 1.807) is 0 Å². The maximum Gasteiger partial charge on any atom is 0.313 e. The lowest BCUT2D eigenvalue weighted by Crippen LogP contribution is -2.12. The second-order valence-electron chi connectivity index (χ2n) is 2.96. The third-order valence-electron chi connectivity index (χ3n) is 0.971. The molecule has 0 aromatic heterocycles. The summed E-state index contributed by atoms with van der Waals surface area (Å²) in [4.78, 5) is 21.1. The Morgan fingerprint density at radius 2 is 1.83 bits per heavy atom. The lowest BCUT2D eigenvalue weighted by atomic mass is 10.2. The minimum Gasteiger partial charge on any atom is -0.465 e. The van der Waals surface area contributed by atoms with Crippen molar-refractivity contribution in [3.63, 3.8) is 0 Å². The third kappa shape index (κ3) is 9.67. The molecular formula is C8H17AlO3. The zero-order valence-corrected chi connectivity index (χ0v) is 7.22. The molecule has 0 fully saturated rings. The van der Waals surface area contributed by atoms with E-state index in [2.05, 4.69) is 0 Å². The molecule has 0 aromatic carbocycles. The van der Waals surface area contributed by atoms with Crippen LogP contribution in [0.1, 0.15) is 27.2 Å². The summed E-state index contributed by atoms with van der Waals surface area (Å²) in [5, 5.41) is 0. The fraction of sp³-hybridized carbons (Fsp3) is 0.750. The van der Waals surface area contributed by atoms with Gasteiger partial charge in [-0.05, 0) is 12.8 Å². The van der Waals surface area contributed by atoms with Gasteiger partial charge in [-0.25, -0.2) is 0 Å². The first kappa shape index (κ1) is 14.2. The Balaban J connectivity index is 0. The summed E-state index contributed by atoms with van der Waals surface area (Å²) in [6, 6.07) is 0. The molecule has 0 radical (unpaired) electrons. The molecule has 0 atom stereocenters. The summed E-state index contributed by atoms with van der Waals surface area (Å²) in [5.41, 5.74) is 0. The van der Waals surface area contributed by atoms with Crippen LogP contribution >= 0.6 is 0 Å². The molecule has 12 heavy (non-hydrogen) atoms. The topological polar surface area (TPSA) is 43.4 Å². The van der Waals surface area contributed by atoms with Crippen molar-refractivity contribution in [2.24, 2.45) is 5.92 Å². The standard InChI is InChI=1S/C8H14O3.Al.3H/c1-6(2)5-11-8(10)4-7(3)9;;;;/h6H,4-5H2,1-3H3;;;;. The summed E-state index contributed by atoms with van der Waals surface area (Å²) >= 11 is 0. The molecule has 0 saturated carbocycles. The van der Waals surface area contributed by atoms with E-state index < -0.39 is 5.97 Å². The molecule has 0 spiro atoms. The summed E-state index contributed by atoms with van der Waals surface area (Å²) in [7, 11) is 0. The highest BCUT2D eigenvalue weighted by atomic mass is 27.0. The first-order chi connectivity index (χ1) is 5.02. The van der Waals surface area contributed by atoms with Crippen LogP contribution in [0.4, 0.5) is 0 Å². The fourth-order valence-corrected chi connectivity index (χ4v) is 0.514. The number of esters is 1. The number of Topliss-reactive ketones (excluding diaryl/α,β-unsaturated/α-hetero) is 1. The van der Waals surface area contributed by atoms with Crippen molar-refractivity contribution in [2.45, 2.75) is 27.2 Å². The maximum atomic E-state index is 10.7. The average molecular weight is 188 g/mol. The Kier molecular flexibility index (Phi) is 8.68. The molecule has 0 aromatic rings. The maximum absolute atomic E-state index is 10.7. The van der Waals surface area contributed by atoms with E-state index in [9.17, 15) is 9.59 Å². The highest BCUT2D eigenvalue weighted by Crippen LogP contribution is 1.95. The van der Waals surface area contributed by atoms with E-state index in [1.165, 1.54) is 6.92 Å². The summed E-state index contributed by atoms with van der Waals surface area (Å²) in [6.45, 7) is 5.66. The van der Waals surface area contributed by atoms with Gasteiger partial charge in [0, 0.05) is 0 Å². The largest absolute Gasteiger partial charge is 0.465 e. The highest BCUT2D eigenvalue weighted by Gasteiger charge is 2.06. The monoisotopic (exact) mass is 188 g/mol. The van der Waals surface area contributed by atoms with Gasteiger partial charge in [-0.1, -0.05) is 13.8 Å². The van der Waals surface area contributed by atoms with E-state index in [0.717, 1.165) is 0 Å². The normalized spacial score (nSPS) is 9.00. The SMILES string of the molecule is CC(=O)CC(=O)OCC(C)C.[AlH3]. The molecule has 3 nitrogen and oxygen atoms in total. The molecule has 0 aliphatic carbocycles. The Morgan fingerprint density at radius 1 is 1.33 bits per heavy atom. The smallest absolute Gasteiger partial charge is 0.313 e. The van der Waals surface area contributed by atoms with E-state index in [-0.39, 0.29) is 29.6 Å². The molecule has 0 bridgehead atoms. The zero-order chi connectivity index (χ0) is 8.85. The van der Waals surface area contributed by atoms with Crippen molar-refractivity contribution < 1.29 is 14.3 Å². The molecule has 0 aliphatic heterocycles. The van der Waals surface area contributed by atoms with Gasteiger partial charge in [0.2, 0.25) is 0 Å².